The van der Waals surface area contributed by atoms with E-state index in [0.717, 1.165) is 31.5 Å². The molecule has 2 unspecified atom stereocenters. The van der Waals surface area contributed by atoms with Gasteiger partial charge in [0.1, 0.15) is 11.7 Å². The number of hydrogen-bond acceptors (Lipinski definition) is 4. The predicted molar refractivity (Wildman–Crippen MR) is 95.4 cm³/mol. The molecule has 1 aromatic rings. The highest BCUT2D eigenvalue weighted by atomic mass is 35.5. The molecular formula is C18H27ClN2O3. The lowest BCUT2D eigenvalue weighted by atomic mass is 9.89. The second-order valence-corrected chi connectivity index (χ2v) is 6.50. The largest absolute Gasteiger partial charge is 0.368 e. The summed E-state index contributed by atoms with van der Waals surface area (Å²) in [6.45, 7) is 4.88. The van der Waals surface area contributed by atoms with E-state index in [1.165, 1.54) is 0 Å². The maximum absolute atomic E-state index is 13.1. The fourth-order valence-corrected chi connectivity index (χ4v) is 3.59. The summed E-state index contributed by atoms with van der Waals surface area (Å²) in [5.41, 5.74) is 0.442. The average molecular weight is 355 g/mol. The second kappa shape index (κ2) is 8.30. The number of halogens is 1. The zero-order valence-corrected chi connectivity index (χ0v) is 15.2. The van der Waals surface area contributed by atoms with E-state index < -0.39 is 5.60 Å². The Morgan fingerprint density at radius 3 is 2.54 bits per heavy atom. The lowest BCUT2D eigenvalue weighted by Crippen LogP contribution is -2.58. The van der Waals surface area contributed by atoms with Gasteiger partial charge in [0.05, 0.1) is 12.6 Å². The summed E-state index contributed by atoms with van der Waals surface area (Å²) in [4.78, 5) is 15.1. The van der Waals surface area contributed by atoms with Crippen LogP contribution in [-0.2, 0) is 14.3 Å². The molecule has 1 aromatic carbocycles. The van der Waals surface area contributed by atoms with Crippen LogP contribution in [0.5, 0.6) is 0 Å². The van der Waals surface area contributed by atoms with Crippen molar-refractivity contribution in [2.24, 2.45) is 0 Å². The van der Waals surface area contributed by atoms with Crippen molar-refractivity contribution in [2.75, 3.05) is 33.3 Å². The number of carbonyl (C=O) groups is 1. The highest BCUT2D eigenvalue weighted by molar-refractivity contribution is 5.86. The number of hydrogen-bond donors (Lipinski definition) is 1. The first-order valence-electron chi connectivity index (χ1n) is 8.40. The molecule has 2 heterocycles. The van der Waals surface area contributed by atoms with Gasteiger partial charge in [0.15, 0.2) is 0 Å². The van der Waals surface area contributed by atoms with Crippen LogP contribution in [0.25, 0.3) is 0 Å². The quantitative estimate of drug-likeness (QED) is 0.903. The third-order valence-corrected chi connectivity index (χ3v) is 4.91. The maximum Gasteiger partial charge on any atom is 0.255 e. The van der Waals surface area contributed by atoms with Crippen LogP contribution < -0.4 is 5.32 Å². The number of morpholine rings is 1. The van der Waals surface area contributed by atoms with Crippen LogP contribution in [0.15, 0.2) is 30.3 Å². The van der Waals surface area contributed by atoms with Gasteiger partial charge in [-0.2, -0.15) is 0 Å². The first-order chi connectivity index (χ1) is 11.1. The Morgan fingerprint density at radius 2 is 1.92 bits per heavy atom. The standard InChI is InChI=1S/C18H26N2O3.ClH/c1-14-12-20(13-16(23-14)15-6-4-3-5-7-15)17(21)18(22-2)8-10-19-11-9-18;/h3-7,14,16,19H,8-13H2,1-2H3;1H. The van der Waals surface area contributed by atoms with Gasteiger partial charge in [0, 0.05) is 13.7 Å². The molecule has 24 heavy (non-hydrogen) atoms. The molecule has 0 radical (unpaired) electrons. The molecular weight excluding hydrogens is 328 g/mol. The van der Waals surface area contributed by atoms with Crippen molar-refractivity contribution < 1.29 is 14.3 Å². The SMILES string of the molecule is COC1(C(=O)N2CC(C)OC(c3ccccc3)C2)CCNCC1.Cl. The highest BCUT2D eigenvalue weighted by Crippen LogP contribution is 2.30. The Kier molecular flexibility index (Phi) is 6.63. The minimum Gasteiger partial charge on any atom is -0.368 e. The summed E-state index contributed by atoms with van der Waals surface area (Å²) < 4.78 is 11.8. The number of amides is 1. The van der Waals surface area contributed by atoms with Gasteiger partial charge < -0.3 is 19.7 Å². The number of carbonyl (C=O) groups excluding carboxylic acids is 1. The third-order valence-electron chi connectivity index (χ3n) is 4.91. The van der Waals surface area contributed by atoms with Crippen molar-refractivity contribution in [1.82, 2.24) is 10.2 Å². The number of rotatable bonds is 3. The summed E-state index contributed by atoms with van der Waals surface area (Å²) >= 11 is 0. The zero-order chi connectivity index (χ0) is 16.3. The normalized spacial score (nSPS) is 26.5. The van der Waals surface area contributed by atoms with E-state index in [2.05, 4.69) is 17.4 Å². The number of benzene rings is 1. The summed E-state index contributed by atoms with van der Waals surface area (Å²) in [5, 5.41) is 3.30. The molecule has 0 saturated carbocycles. The Labute approximate surface area is 150 Å². The highest BCUT2D eigenvalue weighted by Gasteiger charge is 2.44. The molecule has 2 saturated heterocycles. The minimum atomic E-state index is -0.677. The van der Waals surface area contributed by atoms with E-state index in [9.17, 15) is 4.79 Å². The summed E-state index contributed by atoms with van der Waals surface area (Å²) in [5.74, 6) is 0.109. The second-order valence-electron chi connectivity index (χ2n) is 6.50. The van der Waals surface area contributed by atoms with Crippen molar-refractivity contribution >= 4 is 18.3 Å². The van der Waals surface area contributed by atoms with Crippen LogP contribution >= 0.6 is 12.4 Å². The van der Waals surface area contributed by atoms with Crippen molar-refractivity contribution in [3.63, 3.8) is 0 Å². The molecule has 2 atom stereocenters. The summed E-state index contributed by atoms with van der Waals surface area (Å²) in [6, 6.07) is 10.1. The molecule has 0 bridgehead atoms. The van der Waals surface area contributed by atoms with E-state index in [-0.39, 0.29) is 30.5 Å². The predicted octanol–water partition coefficient (Wildman–Crippen LogP) is 2.17. The van der Waals surface area contributed by atoms with Gasteiger partial charge in [-0.15, -0.1) is 12.4 Å². The van der Waals surface area contributed by atoms with Gasteiger partial charge in [-0.1, -0.05) is 30.3 Å². The van der Waals surface area contributed by atoms with Crippen molar-refractivity contribution in [3.8, 4) is 0 Å². The molecule has 5 nitrogen and oxygen atoms in total. The molecule has 1 amide bonds. The molecule has 2 fully saturated rings. The zero-order valence-electron chi connectivity index (χ0n) is 14.4. The maximum atomic E-state index is 13.1. The van der Waals surface area contributed by atoms with Gasteiger partial charge in [0.25, 0.3) is 5.91 Å². The molecule has 3 rings (SSSR count). The Bertz CT molecular complexity index is 534. The van der Waals surface area contributed by atoms with Gasteiger partial charge in [-0.05, 0) is 38.4 Å². The smallest absolute Gasteiger partial charge is 0.255 e. The number of methoxy groups -OCH3 is 1. The molecule has 2 aliphatic heterocycles. The van der Waals surface area contributed by atoms with Gasteiger partial charge >= 0.3 is 0 Å². The third kappa shape index (κ3) is 3.91. The van der Waals surface area contributed by atoms with E-state index >= 15 is 0 Å². The number of ether oxygens (including phenoxy) is 2. The van der Waals surface area contributed by atoms with Crippen LogP contribution in [-0.4, -0.2) is 55.8 Å². The average Bonchev–Trinajstić information content (AvgIpc) is 2.62. The molecule has 1 N–H and O–H groups in total. The molecule has 134 valence electrons. The molecule has 2 aliphatic rings. The topological polar surface area (TPSA) is 50.8 Å². The van der Waals surface area contributed by atoms with Gasteiger partial charge in [-0.25, -0.2) is 0 Å². The fourth-order valence-electron chi connectivity index (χ4n) is 3.59. The van der Waals surface area contributed by atoms with Gasteiger partial charge in [-0.3, -0.25) is 4.79 Å². The van der Waals surface area contributed by atoms with Crippen LogP contribution in [0.3, 0.4) is 0 Å². The van der Waals surface area contributed by atoms with Crippen LogP contribution in [0.4, 0.5) is 0 Å². The van der Waals surface area contributed by atoms with Crippen molar-refractivity contribution in [3.05, 3.63) is 35.9 Å². The van der Waals surface area contributed by atoms with E-state index in [0.29, 0.717) is 13.1 Å². The Morgan fingerprint density at radius 1 is 1.25 bits per heavy atom. The molecule has 0 aromatic heterocycles. The lowest BCUT2D eigenvalue weighted by molar-refractivity contribution is -0.170. The first-order valence-corrected chi connectivity index (χ1v) is 8.40. The molecule has 0 aliphatic carbocycles. The number of nitrogens with one attached hydrogen (secondary N) is 1. The lowest BCUT2D eigenvalue weighted by Gasteiger charge is -2.43. The molecule has 6 heteroatoms. The van der Waals surface area contributed by atoms with Crippen LogP contribution in [0.1, 0.15) is 31.4 Å². The van der Waals surface area contributed by atoms with E-state index in [1.54, 1.807) is 7.11 Å². The Balaban J connectivity index is 0.00000208. The van der Waals surface area contributed by atoms with Crippen molar-refractivity contribution in [2.45, 2.75) is 37.6 Å². The van der Waals surface area contributed by atoms with E-state index in [1.807, 2.05) is 30.0 Å². The van der Waals surface area contributed by atoms with E-state index in [4.69, 9.17) is 9.47 Å². The number of nitrogens with zero attached hydrogens (tertiary/aromatic N) is 1. The Hall–Kier alpha value is -1.14. The summed E-state index contributed by atoms with van der Waals surface area (Å²) in [7, 11) is 1.65. The van der Waals surface area contributed by atoms with Gasteiger partial charge in [0.2, 0.25) is 0 Å². The molecule has 0 spiro atoms. The monoisotopic (exact) mass is 354 g/mol. The first kappa shape index (κ1) is 19.2. The minimum absolute atomic E-state index is 0. The van der Waals surface area contributed by atoms with Crippen molar-refractivity contribution in [1.29, 1.82) is 0 Å². The van der Waals surface area contributed by atoms with Crippen LogP contribution in [0.2, 0.25) is 0 Å². The summed E-state index contributed by atoms with van der Waals surface area (Å²) in [6.07, 6.45) is 1.40. The van der Waals surface area contributed by atoms with Crippen LogP contribution in [0, 0.1) is 0 Å². The number of piperidine rings is 1. The fraction of sp³-hybridized carbons (Fsp3) is 0.611.